The Hall–Kier alpha value is -3.11. The van der Waals surface area contributed by atoms with E-state index in [4.69, 9.17) is 0 Å². The van der Waals surface area contributed by atoms with E-state index in [0.29, 0.717) is 30.5 Å². The number of hydrogen-bond acceptors (Lipinski definition) is 3. The zero-order valence-electron chi connectivity index (χ0n) is 17.9. The van der Waals surface area contributed by atoms with Gasteiger partial charge in [0.15, 0.2) is 5.78 Å². The monoisotopic (exact) mass is 443 g/mol. The highest BCUT2D eigenvalue weighted by molar-refractivity contribution is 5.99. The molecule has 7 heteroatoms. The van der Waals surface area contributed by atoms with Crippen molar-refractivity contribution in [2.45, 2.75) is 38.5 Å². The Kier molecular flexibility index (Phi) is 6.75. The van der Waals surface area contributed by atoms with E-state index in [2.05, 4.69) is 11.8 Å². The van der Waals surface area contributed by atoms with Gasteiger partial charge in [-0.15, -0.1) is 0 Å². The van der Waals surface area contributed by atoms with Gasteiger partial charge in [-0.25, -0.2) is 0 Å². The summed E-state index contributed by atoms with van der Waals surface area (Å²) in [6, 6.07) is 11.0. The number of rotatable bonds is 3. The molecule has 0 aliphatic carbocycles. The minimum atomic E-state index is -4.52. The van der Waals surface area contributed by atoms with Gasteiger partial charge in [-0.3, -0.25) is 9.59 Å². The molecule has 4 nitrogen and oxygen atoms in total. The van der Waals surface area contributed by atoms with E-state index in [0.717, 1.165) is 12.1 Å². The van der Waals surface area contributed by atoms with Crippen LogP contribution in [0.2, 0.25) is 0 Å². The normalized spacial score (nSPS) is 16.8. The van der Waals surface area contributed by atoms with Crippen LogP contribution in [-0.4, -0.2) is 40.4 Å². The molecule has 2 aromatic carbocycles. The smallest absolute Gasteiger partial charge is 0.378 e. The van der Waals surface area contributed by atoms with Gasteiger partial charge in [0.2, 0.25) is 0 Å². The van der Waals surface area contributed by atoms with Crippen molar-refractivity contribution in [1.82, 2.24) is 4.90 Å². The lowest BCUT2D eigenvalue weighted by Gasteiger charge is -2.32. The summed E-state index contributed by atoms with van der Waals surface area (Å²) in [4.78, 5) is 27.3. The molecule has 0 radical (unpaired) electrons. The molecular formula is C25H24F3NO3. The first-order valence-corrected chi connectivity index (χ1v) is 10.3. The lowest BCUT2D eigenvalue weighted by atomic mass is 9.89. The molecule has 0 spiro atoms. The summed E-state index contributed by atoms with van der Waals surface area (Å²) < 4.78 is 38.9. The number of carbonyl (C=O) groups is 2. The summed E-state index contributed by atoms with van der Waals surface area (Å²) in [6.45, 7) is 3.79. The number of benzene rings is 2. The first-order chi connectivity index (χ1) is 14.9. The number of piperidine rings is 1. The van der Waals surface area contributed by atoms with Crippen LogP contribution in [0.3, 0.4) is 0 Å². The van der Waals surface area contributed by atoms with Crippen LogP contribution in [0.15, 0.2) is 48.5 Å². The molecule has 1 fully saturated rings. The zero-order valence-corrected chi connectivity index (χ0v) is 17.9. The van der Waals surface area contributed by atoms with Crippen molar-refractivity contribution in [1.29, 1.82) is 0 Å². The van der Waals surface area contributed by atoms with Crippen LogP contribution < -0.4 is 0 Å². The van der Waals surface area contributed by atoms with Crippen LogP contribution in [0.25, 0.3) is 0 Å². The van der Waals surface area contributed by atoms with Gasteiger partial charge in [0, 0.05) is 35.7 Å². The van der Waals surface area contributed by atoms with Gasteiger partial charge in [0.05, 0.1) is 5.56 Å². The molecule has 1 saturated heterocycles. The lowest BCUT2D eigenvalue weighted by Crippen LogP contribution is -2.42. The summed E-state index contributed by atoms with van der Waals surface area (Å²) in [5.74, 6) is 4.36. The summed E-state index contributed by atoms with van der Waals surface area (Å²) in [5.41, 5.74) is -0.886. The molecule has 1 heterocycles. The molecule has 1 atom stereocenters. The zero-order chi connectivity index (χ0) is 23.5. The van der Waals surface area contributed by atoms with Crippen LogP contribution in [0.1, 0.15) is 58.5 Å². The number of likely N-dealkylation sites (tertiary alicyclic amines) is 1. The highest BCUT2D eigenvalue weighted by atomic mass is 19.4. The number of amides is 1. The summed E-state index contributed by atoms with van der Waals surface area (Å²) in [7, 11) is 0. The van der Waals surface area contributed by atoms with Crippen LogP contribution in [0.5, 0.6) is 0 Å². The highest BCUT2D eigenvalue weighted by Gasteiger charge is 2.33. The number of carbonyl (C=O) groups excluding carboxylic acids is 2. The van der Waals surface area contributed by atoms with Crippen molar-refractivity contribution in [2.24, 2.45) is 5.92 Å². The van der Waals surface area contributed by atoms with Gasteiger partial charge in [0.25, 0.3) is 5.91 Å². The van der Waals surface area contributed by atoms with E-state index < -0.39 is 23.3 Å². The van der Waals surface area contributed by atoms with Crippen LogP contribution >= 0.6 is 0 Å². The summed E-state index contributed by atoms with van der Waals surface area (Å²) >= 11 is 0. The van der Waals surface area contributed by atoms with Crippen molar-refractivity contribution in [2.75, 3.05) is 13.1 Å². The predicted octanol–water partition coefficient (Wildman–Crippen LogP) is 4.56. The van der Waals surface area contributed by atoms with Gasteiger partial charge in [-0.05, 0) is 63.1 Å². The van der Waals surface area contributed by atoms with Crippen molar-refractivity contribution < 1.29 is 27.9 Å². The fourth-order valence-electron chi connectivity index (χ4n) is 3.56. The maximum Gasteiger partial charge on any atom is 0.416 e. The van der Waals surface area contributed by atoms with Crippen LogP contribution in [0.4, 0.5) is 13.2 Å². The SMILES string of the molecule is CC(C)(O)C#Cc1ccc(C(=O)N2CCCC(C(=O)c3cccc(C(F)(F)F)c3)C2)cc1. The van der Waals surface area contributed by atoms with E-state index in [1.54, 1.807) is 43.0 Å². The number of hydrogen-bond donors (Lipinski definition) is 1. The molecule has 1 N–H and O–H groups in total. The van der Waals surface area contributed by atoms with Crippen molar-refractivity contribution in [3.63, 3.8) is 0 Å². The number of halogens is 3. The Morgan fingerprint density at radius 2 is 1.75 bits per heavy atom. The second-order valence-corrected chi connectivity index (χ2v) is 8.42. The third-order valence-electron chi connectivity index (χ3n) is 5.20. The second-order valence-electron chi connectivity index (χ2n) is 8.42. The Bertz CT molecular complexity index is 1060. The quantitative estimate of drug-likeness (QED) is 0.559. The van der Waals surface area contributed by atoms with Gasteiger partial charge >= 0.3 is 6.18 Å². The van der Waals surface area contributed by atoms with E-state index in [1.165, 1.54) is 12.1 Å². The second kappa shape index (κ2) is 9.17. The van der Waals surface area contributed by atoms with Crippen LogP contribution in [-0.2, 0) is 6.18 Å². The average Bonchev–Trinajstić information content (AvgIpc) is 2.76. The molecule has 168 valence electrons. The minimum Gasteiger partial charge on any atom is -0.378 e. The van der Waals surface area contributed by atoms with Gasteiger partial charge < -0.3 is 10.0 Å². The van der Waals surface area contributed by atoms with Gasteiger partial charge in [-0.1, -0.05) is 24.0 Å². The Balaban J connectivity index is 1.71. The molecule has 1 unspecified atom stereocenters. The first kappa shape index (κ1) is 23.6. The third kappa shape index (κ3) is 5.98. The molecule has 0 aromatic heterocycles. The molecule has 1 amide bonds. The number of Topliss-reactive ketones (excluding diaryl/α,β-unsaturated/α-hetero) is 1. The predicted molar refractivity (Wildman–Crippen MR) is 114 cm³/mol. The third-order valence-corrected chi connectivity index (χ3v) is 5.20. The summed E-state index contributed by atoms with van der Waals surface area (Å²) in [6.07, 6.45) is -3.41. The molecular weight excluding hydrogens is 419 g/mol. The Morgan fingerprint density at radius 1 is 1.06 bits per heavy atom. The maximum atomic E-state index is 13.0. The molecule has 0 bridgehead atoms. The highest BCUT2D eigenvalue weighted by Crippen LogP contribution is 2.31. The topological polar surface area (TPSA) is 57.6 Å². The van der Waals surface area contributed by atoms with E-state index >= 15 is 0 Å². The minimum absolute atomic E-state index is 0.00820. The fraction of sp³-hybridized carbons (Fsp3) is 0.360. The Labute approximate surface area is 185 Å². The fourth-order valence-corrected chi connectivity index (χ4v) is 3.56. The lowest BCUT2D eigenvalue weighted by molar-refractivity contribution is -0.137. The van der Waals surface area contributed by atoms with Crippen molar-refractivity contribution >= 4 is 11.7 Å². The van der Waals surface area contributed by atoms with Gasteiger partial charge in [0.1, 0.15) is 5.60 Å². The molecule has 3 rings (SSSR count). The van der Waals surface area contributed by atoms with Crippen molar-refractivity contribution in [3.8, 4) is 11.8 Å². The average molecular weight is 443 g/mol. The van der Waals surface area contributed by atoms with Gasteiger partial charge in [-0.2, -0.15) is 13.2 Å². The first-order valence-electron chi connectivity index (χ1n) is 10.3. The largest absolute Gasteiger partial charge is 0.416 e. The number of alkyl halides is 3. The van der Waals surface area contributed by atoms with E-state index in [-0.39, 0.29) is 23.8 Å². The van der Waals surface area contributed by atoms with Crippen molar-refractivity contribution in [3.05, 3.63) is 70.8 Å². The molecule has 1 aliphatic rings. The summed E-state index contributed by atoms with van der Waals surface area (Å²) in [5, 5.41) is 9.68. The molecule has 32 heavy (non-hydrogen) atoms. The molecule has 2 aromatic rings. The molecule has 0 saturated carbocycles. The Morgan fingerprint density at radius 3 is 2.38 bits per heavy atom. The standard InChI is InChI=1S/C25H24F3NO3/c1-24(2,32)13-12-17-8-10-18(11-9-17)23(31)29-14-4-6-20(16-29)22(30)19-5-3-7-21(15-19)25(26,27)28/h3,5,7-11,15,20,32H,4,6,14,16H2,1-2H3. The number of nitrogens with zero attached hydrogens (tertiary/aromatic N) is 1. The van der Waals surface area contributed by atoms with E-state index in [9.17, 15) is 27.9 Å². The van der Waals surface area contributed by atoms with E-state index in [1.807, 2.05) is 0 Å². The maximum absolute atomic E-state index is 13.0. The number of aliphatic hydroxyl groups is 1. The number of ketones is 1. The molecule has 1 aliphatic heterocycles. The van der Waals surface area contributed by atoms with Crippen LogP contribution in [0, 0.1) is 17.8 Å².